The van der Waals surface area contributed by atoms with Gasteiger partial charge in [-0.1, -0.05) is 28.1 Å². The zero-order valence-electron chi connectivity index (χ0n) is 15.8. The summed E-state index contributed by atoms with van der Waals surface area (Å²) in [6, 6.07) is 6.79. The summed E-state index contributed by atoms with van der Waals surface area (Å²) in [5, 5.41) is 17.1. The van der Waals surface area contributed by atoms with Gasteiger partial charge in [0.15, 0.2) is 0 Å². The van der Waals surface area contributed by atoms with Gasteiger partial charge >= 0.3 is 47.1 Å². The molecule has 169 valence electrons. The summed E-state index contributed by atoms with van der Waals surface area (Å²) >= 11 is 6.31. The Morgan fingerprint density at radius 3 is 1.68 bits per heavy atom. The van der Waals surface area contributed by atoms with Gasteiger partial charge in [-0.05, 0) is 43.2 Å². The number of hydrogen-bond acceptors (Lipinski definition) is 6. The number of thiol groups is 1. The topological polar surface area (TPSA) is 162 Å². The molecule has 0 spiro atoms. The van der Waals surface area contributed by atoms with E-state index in [0.717, 1.165) is 12.1 Å². The third kappa shape index (κ3) is 13.7. The van der Waals surface area contributed by atoms with Crippen molar-refractivity contribution in [1.29, 1.82) is 0 Å². The van der Waals surface area contributed by atoms with Crippen molar-refractivity contribution >= 4 is 58.7 Å². The van der Waals surface area contributed by atoms with Gasteiger partial charge in [-0.25, -0.2) is 18.4 Å². The monoisotopic (exact) mass is 542 g/mol. The second-order valence-electron chi connectivity index (χ2n) is 5.13. The van der Waals surface area contributed by atoms with E-state index < -0.39 is 34.0 Å². The molecular formula is C16H16BBrF2NO8S2. The van der Waals surface area contributed by atoms with Crippen LogP contribution in [0.3, 0.4) is 0 Å². The zero-order valence-corrected chi connectivity index (χ0v) is 19.1. The molecule has 0 atom stereocenters. The van der Waals surface area contributed by atoms with Crippen LogP contribution in [-0.4, -0.2) is 47.3 Å². The number of halogens is 3. The first-order valence-corrected chi connectivity index (χ1v) is 10.1. The Labute approximate surface area is 191 Å². The molecule has 0 saturated carbocycles. The SMILES string of the molecule is Cc1c(Br)ccc(F)c1C(=O)O.Cc1cccc(F)c1C(=O)O.O=S(=O)(O)O.[B]=NS. The fourth-order valence-electron chi connectivity index (χ4n) is 1.82. The van der Waals surface area contributed by atoms with E-state index in [1.54, 1.807) is 19.9 Å². The number of carbonyl (C=O) groups is 2. The van der Waals surface area contributed by atoms with Gasteiger partial charge in [0.2, 0.25) is 0 Å². The molecule has 0 unspecified atom stereocenters. The van der Waals surface area contributed by atoms with Gasteiger partial charge in [0.1, 0.15) is 11.6 Å². The van der Waals surface area contributed by atoms with E-state index in [4.69, 9.17) is 27.7 Å². The van der Waals surface area contributed by atoms with Crippen molar-refractivity contribution in [2.24, 2.45) is 4.30 Å². The molecule has 2 aromatic carbocycles. The number of aromatic carboxylic acids is 2. The quantitative estimate of drug-likeness (QED) is 0.216. The van der Waals surface area contributed by atoms with Gasteiger partial charge < -0.3 is 10.2 Å². The Kier molecular flexibility index (Phi) is 14.7. The number of rotatable bonds is 2. The van der Waals surface area contributed by atoms with Crippen molar-refractivity contribution in [2.75, 3.05) is 0 Å². The molecule has 0 heterocycles. The number of nitrogens with zero attached hydrogens (tertiary/aromatic N) is 1. The van der Waals surface area contributed by atoms with Crippen LogP contribution >= 0.6 is 28.7 Å². The molecule has 4 N–H and O–H groups in total. The van der Waals surface area contributed by atoms with E-state index in [9.17, 15) is 18.4 Å². The predicted molar refractivity (Wildman–Crippen MR) is 115 cm³/mol. The van der Waals surface area contributed by atoms with Crippen LogP contribution in [0.25, 0.3) is 0 Å². The van der Waals surface area contributed by atoms with Gasteiger partial charge in [0.05, 0.1) is 11.1 Å². The Morgan fingerprint density at radius 2 is 1.39 bits per heavy atom. The zero-order chi connectivity index (χ0) is 24.9. The summed E-state index contributed by atoms with van der Waals surface area (Å²) in [5.41, 5.74) is 0.330. The summed E-state index contributed by atoms with van der Waals surface area (Å²) in [6.07, 6.45) is 0. The molecule has 0 aromatic heterocycles. The molecular weight excluding hydrogens is 527 g/mol. The molecule has 0 bridgehead atoms. The number of aryl methyl sites for hydroxylation is 1. The summed E-state index contributed by atoms with van der Waals surface area (Å²) in [4.78, 5) is 20.9. The molecule has 9 nitrogen and oxygen atoms in total. The van der Waals surface area contributed by atoms with E-state index in [-0.39, 0.29) is 11.1 Å². The predicted octanol–water partition coefficient (Wildman–Crippen LogP) is 3.96. The van der Waals surface area contributed by atoms with Crippen LogP contribution in [0.2, 0.25) is 0 Å². The Morgan fingerprint density at radius 1 is 1.00 bits per heavy atom. The molecule has 0 aliphatic rings. The number of benzene rings is 2. The van der Waals surface area contributed by atoms with E-state index in [0.29, 0.717) is 15.6 Å². The Balaban J connectivity index is 0. The van der Waals surface area contributed by atoms with Crippen LogP contribution in [0.4, 0.5) is 8.78 Å². The summed E-state index contributed by atoms with van der Waals surface area (Å²) in [6.45, 7) is 3.11. The third-order valence-electron chi connectivity index (χ3n) is 3.00. The van der Waals surface area contributed by atoms with Crippen LogP contribution in [-0.2, 0) is 10.4 Å². The average Bonchev–Trinajstić information content (AvgIpc) is 2.57. The molecule has 0 aliphatic carbocycles. The first kappa shape index (κ1) is 31.0. The first-order chi connectivity index (χ1) is 14.1. The average molecular weight is 543 g/mol. The van der Waals surface area contributed by atoms with Gasteiger partial charge in [-0.15, -0.1) is 0 Å². The van der Waals surface area contributed by atoms with Crippen LogP contribution in [0.15, 0.2) is 39.1 Å². The number of carboxylic acids is 2. The van der Waals surface area contributed by atoms with Gasteiger partial charge in [0, 0.05) is 4.47 Å². The second-order valence-corrected chi connectivity index (χ2v) is 7.12. The van der Waals surface area contributed by atoms with Crippen molar-refractivity contribution in [3.63, 3.8) is 0 Å². The van der Waals surface area contributed by atoms with E-state index in [1.165, 1.54) is 12.1 Å². The molecule has 0 amide bonds. The van der Waals surface area contributed by atoms with Crippen LogP contribution in [0.5, 0.6) is 0 Å². The summed E-state index contributed by atoms with van der Waals surface area (Å²) in [5.74, 6) is -3.85. The first-order valence-electron chi connectivity index (χ1n) is 7.48. The van der Waals surface area contributed by atoms with E-state index >= 15 is 0 Å². The molecule has 15 heteroatoms. The van der Waals surface area contributed by atoms with Gasteiger partial charge in [-0.2, -0.15) is 8.42 Å². The van der Waals surface area contributed by atoms with Crippen molar-refractivity contribution < 1.29 is 46.1 Å². The maximum absolute atomic E-state index is 12.9. The molecule has 0 fully saturated rings. The van der Waals surface area contributed by atoms with Crippen LogP contribution in [0.1, 0.15) is 31.8 Å². The fourth-order valence-corrected chi connectivity index (χ4v) is 2.15. The van der Waals surface area contributed by atoms with Crippen molar-refractivity contribution in [3.8, 4) is 0 Å². The molecule has 1 radical (unpaired) electrons. The minimum atomic E-state index is -4.67. The minimum absolute atomic E-state index is 0.243. The maximum atomic E-state index is 12.9. The standard InChI is InChI=1S/C8H6BrFO2.C8H7FO2.BHNS.H2O4S/c1-4-5(9)2-3-6(10)7(4)8(11)12;1-5-3-2-4-6(9)7(5)8(10)11;1-2-3;1-5(2,3)4/h2-3H,1H3,(H,11,12);2-4H,1H3,(H,10,11);3H;(H2,1,2,3,4). The van der Waals surface area contributed by atoms with E-state index in [1.807, 2.05) is 0 Å². The summed E-state index contributed by atoms with van der Waals surface area (Å²) in [7, 11) is -0.330. The second kappa shape index (κ2) is 14.7. The summed E-state index contributed by atoms with van der Waals surface area (Å²) < 4.78 is 60.5. The van der Waals surface area contributed by atoms with Gasteiger partial charge in [-0.3, -0.25) is 9.11 Å². The molecule has 2 rings (SSSR count). The fraction of sp³-hybridized carbons (Fsp3) is 0.125. The Hall–Kier alpha value is -2.20. The van der Waals surface area contributed by atoms with Crippen LogP contribution < -0.4 is 0 Å². The molecule has 0 aliphatic heterocycles. The Bertz CT molecular complexity index is 1010. The van der Waals surface area contributed by atoms with Crippen LogP contribution in [0, 0.1) is 25.5 Å². The number of carboxylic acid groups (broad SMARTS) is 2. The third-order valence-corrected chi connectivity index (χ3v) is 3.86. The van der Waals surface area contributed by atoms with Crippen molar-refractivity contribution in [2.45, 2.75) is 13.8 Å². The van der Waals surface area contributed by atoms with E-state index in [2.05, 4.69) is 40.7 Å². The van der Waals surface area contributed by atoms with Crippen molar-refractivity contribution in [3.05, 3.63) is 68.7 Å². The number of hydrogen-bond donors (Lipinski definition) is 5. The van der Waals surface area contributed by atoms with Crippen molar-refractivity contribution in [1.82, 2.24) is 0 Å². The molecule has 2 aromatic rings. The molecule has 0 saturated heterocycles. The normalized spacial score (nSPS) is 9.52. The molecule has 31 heavy (non-hydrogen) atoms. The van der Waals surface area contributed by atoms with Gasteiger partial charge in [0.25, 0.3) is 0 Å².